The third kappa shape index (κ3) is 5.83. The van der Waals surface area contributed by atoms with Crippen molar-refractivity contribution in [2.75, 3.05) is 26.2 Å². The molecule has 2 heterocycles. The number of carbonyl (C=O) groups excluding carboxylic acids is 1. The summed E-state index contributed by atoms with van der Waals surface area (Å²) in [5, 5.41) is 7.60. The lowest BCUT2D eigenvalue weighted by Gasteiger charge is -2.30. The van der Waals surface area contributed by atoms with Crippen molar-refractivity contribution < 1.29 is 14.1 Å². The molecule has 1 fully saturated rings. The first kappa shape index (κ1) is 21.3. The topological polar surface area (TPSA) is 80.5 Å². The number of rotatable bonds is 8. The number of ether oxygens (including phenoxy) is 1. The fourth-order valence-electron chi connectivity index (χ4n) is 3.67. The number of likely N-dealkylation sites (tertiary alicyclic amines) is 1. The van der Waals surface area contributed by atoms with Crippen LogP contribution in [-0.4, -0.2) is 47.2 Å². The van der Waals surface area contributed by atoms with Crippen molar-refractivity contribution in [3.05, 3.63) is 65.5 Å². The minimum Gasteiger partial charge on any atom is -0.490 e. The van der Waals surface area contributed by atoms with E-state index in [0.29, 0.717) is 48.7 Å². The maximum atomic E-state index is 12.6. The zero-order chi connectivity index (χ0) is 21.5. The Kier molecular flexibility index (Phi) is 7.17. The third-order valence-corrected chi connectivity index (χ3v) is 5.54. The van der Waals surface area contributed by atoms with Gasteiger partial charge in [0.25, 0.3) is 0 Å². The fourth-order valence-corrected chi connectivity index (χ4v) is 3.86. The van der Waals surface area contributed by atoms with Crippen LogP contribution in [0.1, 0.15) is 18.7 Å². The first-order chi connectivity index (χ1) is 15.2. The first-order valence-electron chi connectivity index (χ1n) is 10.4. The number of piperidine rings is 1. The maximum absolute atomic E-state index is 12.6. The minimum absolute atomic E-state index is 0.0444. The molecule has 162 valence electrons. The molecular weight excluding hydrogens is 416 g/mol. The van der Waals surface area contributed by atoms with Gasteiger partial charge in [-0.2, -0.15) is 4.98 Å². The van der Waals surface area contributed by atoms with Gasteiger partial charge in [-0.15, -0.1) is 0 Å². The molecule has 3 aromatic rings. The second-order valence-corrected chi connectivity index (χ2v) is 7.93. The molecule has 8 heteroatoms. The van der Waals surface area contributed by atoms with Gasteiger partial charge in [0, 0.05) is 12.1 Å². The molecule has 1 N–H and O–H groups in total. The monoisotopic (exact) mass is 440 g/mol. The lowest BCUT2D eigenvalue weighted by Crippen LogP contribution is -2.43. The van der Waals surface area contributed by atoms with Gasteiger partial charge in [-0.05, 0) is 31.5 Å². The Morgan fingerprint density at radius 3 is 2.84 bits per heavy atom. The van der Waals surface area contributed by atoms with Crippen LogP contribution in [0.25, 0.3) is 11.4 Å². The van der Waals surface area contributed by atoms with Gasteiger partial charge in [0.1, 0.15) is 12.4 Å². The van der Waals surface area contributed by atoms with E-state index < -0.39 is 0 Å². The zero-order valence-electron chi connectivity index (χ0n) is 17.2. The highest BCUT2D eigenvalue weighted by Gasteiger charge is 2.26. The van der Waals surface area contributed by atoms with E-state index in [1.165, 1.54) is 0 Å². The molecule has 4 rings (SSSR count). The average molecular weight is 441 g/mol. The second-order valence-electron chi connectivity index (χ2n) is 7.52. The van der Waals surface area contributed by atoms with E-state index in [-0.39, 0.29) is 11.8 Å². The Morgan fingerprint density at radius 1 is 1.19 bits per heavy atom. The number of nitrogens with one attached hydrogen (secondary N) is 1. The summed E-state index contributed by atoms with van der Waals surface area (Å²) in [6.07, 6.45) is 1.82. The molecule has 1 aromatic heterocycles. The largest absolute Gasteiger partial charge is 0.490 e. The molecule has 0 radical (unpaired) electrons. The molecule has 1 unspecified atom stereocenters. The number of para-hydroxylation sites is 1. The SMILES string of the molecule is O=C(NCCOc1ccccc1Cl)C1CCCN(Cc2nc(-c3ccccc3)no2)C1. The van der Waals surface area contributed by atoms with Crippen LogP contribution in [0, 0.1) is 5.92 Å². The molecule has 1 aliphatic rings. The summed E-state index contributed by atoms with van der Waals surface area (Å²) in [5.74, 6) is 1.75. The number of aromatic nitrogens is 2. The molecule has 0 bridgehead atoms. The van der Waals surface area contributed by atoms with Gasteiger partial charge in [0.2, 0.25) is 17.6 Å². The number of hydrogen-bond donors (Lipinski definition) is 1. The molecule has 7 nitrogen and oxygen atoms in total. The molecule has 1 amide bonds. The van der Waals surface area contributed by atoms with Crippen LogP contribution in [0.3, 0.4) is 0 Å². The van der Waals surface area contributed by atoms with Crippen LogP contribution < -0.4 is 10.1 Å². The smallest absolute Gasteiger partial charge is 0.241 e. The van der Waals surface area contributed by atoms with Crippen molar-refractivity contribution in [1.29, 1.82) is 0 Å². The van der Waals surface area contributed by atoms with Crippen molar-refractivity contribution in [3.63, 3.8) is 0 Å². The zero-order valence-corrected chi connectivity index (χ0v) is 17.9. The Balaban J connectivity index is 1.23. The van der Waals surface area contributed by atoms with E-state index in [1.54, 1.807) is 6.07 Å². The predicted octanol–water partition coefficient (Wildman–Crippen LogP) is 3.80. The van der Waals surface area contributed by atoms with Crippen LogP contribution >= 0.6 is 11.6 Å². The standard InChI is InChI=1S/C23H25ClN4O3/c24-19-10-4-5-11-20(19)30-14-12-25-23(29)18-9-6-13-28(15-18)16-21-26-22(27-31-21)17-7-2-1-3-8-17/h1-5,7-8,10-11,18H,6,9,12-16H2,(H,25,29). The molecule has 1 saturated heterocycles. The molecular formula is C23H25ClN4O3. The molecule has 31 heavy (non-hydrogen) atoms. The molecule has 0 spiro atoms. The number of halogens is 1. The van der Waals surface area contributed by atoms with Crippen molar-refractivity contribution in [2.45, 2.75) is 19.4 Å². The summed E-state index contributed by atoms with van der Waals surface area (Å²) < 4.78 is 11.0. The van der Waals surface area contributed by atoms with Crippen LogP contribution in [0.5, 0.6) is 5.75 Å². The molecule has 1 aliphatic heterocycles. The van der Waals surface area contributed by atoms with Crippen molar-refractivity contribution >= 4 is 17.5 Å². The van der Waals surface area contributed by atoms with E-state index in [2.05, 4.69) is 20.4 Å². The van der Waals surface area contributed by atoms with Crippen molar-refractivity contribution in [2.24, 2.45) is 5.92 Å². The van der Waals surface area contributed by atoms with E-state index in [9.17, 15) is 4.79 Å². The highest BCUT2D eigenvalue weighted by atomic mass is 35.5. The maximum Gasteiger partial charge on any atom is 0.241 e. The number of carbonyl (C=O) groups is 1. The molecule has 0 aliphatic carbocycles. The second kappa shape index (κ2) is 10.4. The van der Waals surface area contributed by atoms with Gasteiger partial charge in [-0.3, -0.25) is 9.69 Å². The number of hydrogen-bond acceptors (Lipinski definition) is 6. The summed E-state index contributed by atoms with van der Waals surface area (Å²) in [6, 6.07) is 17.0. The molecule has 1 atom stereocenters. The van der Waals surface area contributed by atoms with Crippen LogP contribution in [-0.2, 0) is 11.3 Å². The number of benzene rings is 2. The van der Waals surface area contributed by atoms with E-state index in [1.807, 2.05) is 48.5 Å². The van der Waals surface area contributed by atoms with Crippen LogP contribution in [0.15, 0.2) is 59.1 Å². The van der Waals surface area contributed by atoms with E-state index >= 15 is 0 Å². The van der Waals surface area contributed by atoms with Gasteiger partial charge >= 0.3 is 0 Å². The van der Waals surface area contributed by atoms with Crippen molar-refractivity contribution in [1.82, 2.24) is 20.4 Å². The number of nitrogens with zero attached hydrogens (tertiary/aromatic N) is 3. The predicted molar refractivity (Wildman–Crippen MR) is 118 cm³/mol. The summed E-state index contributed by atoms with van der Waals surface area (Å²) in [4.78, 5) is 19.3. The fraction of sp³-hybridized carbons (Fsp3) is 0.348. The first-order valence-corrected chi connectivity index (χ1v) is 10.8. The van der Waals surface area contributed by atoms with Gasteiger partial charge in [-0.25, -0.2) is 0 Å². The van der Waals surface area contributed by atoms with Gasteiger partial charge in [0.15, 0.2) is 0 Å². The lowest BCUT2D eigenvalue weighted by molar-refractivity contribution is -0.126. The molecule has 2 aromatic carbocycles. The Hall–Kier alpha value is -2.90. The lowest BCUT2D eigenvalue weighted by atomic mass is 9.97. The van der Waals surface area contributed by atoms with Crippen LogP contribution in [0.2, 0.25) is 5.02 Å². The Labute approximate surface area is 186 Å². The summed E-state index contributed by atoms with van der Waals surface area (Å²) in [5.41, 5.74) is 0.924. The van der Waals surface area contributed by atoms with Gasteiger partial charge in [0.05, 0.1) is 24.0 Å². The highest BCUT2D eigenvalue weighted by Crippen LogP contribution is 2.23. The van der Waals surface area contributed by atoms with Crippen molar-refractivity contribution in [3.8, 4) is 17.1 Å². The summed E-state index contributed by atoms with van der Waals surface area (Å²) in [6.45, 7) is 2.92. The van der Waals surface area contributed by atoms with E-state index in [0.717, 1.165) is 24.9 Å². The Morgan fingerprint density at radius 2 is 2.00 bits per heavy atom. The van der Waals surface area contributed by atoms with E-state index in [4.69, 9.17) is 20.9 Å². The summed E-state index contributed by atoms with van der Waals surface area (Å²) >= 11 is 6.07. The van der Waals surface area contributed by atoms with Crippen LogP contribution in [0.4, 0.5) is 0 Å². The summed E-state index contributed by atoms with van der Waals surface area (Å²) in [7, 11) is 0. The van der Waals surface area contributed by atoms with Gasteiger partial charge < -0.3 is 14.6 Å². The minimum atomic E-state index is -0.0643. The molecule has 0 saturated carbocycles. The average Bonchev–Trinajstić information content (AvgIpc) is 3.27. The highest BCUT2D eigenvalue weighted by molar-refractivity contribution is 6.32. The third-order valence-electron chi connectivity index (χ3n) is 5.23. The van der Waals surface area contributed by atoms with Gasteiger partial charge in [-0.1, -0.05) is 59.2 Å². The Bertz CT molecular complexity index is 995. The number of amides is 1. The normalized spacial score (nSPS) is 16.7. The quantitative estimate of drug-likeness (QED) is 0.537.